The number of rotatable bonds is 4. The minimum absolute atomic E-state index is 0.0641. The summed E-state index contributed by atoms with van der Waals surface area (Å²) >= 11 is 0. The first-order valence-electron chi connectivity index (χ1n) is 11.5. The summed E-state index contributed by atoms with van der Waals surface area (Å²) in [5, 5.41) is 5.59. The number of fused-ring (bicyclic) bond motifs is 1. The van der Waals surface area contributed by atoms with Gasteiger partial charge in [-0.1, -0.05) is 30.3 Å². The fourth-order valence-corrected chi connectivity index (χ4v) is 4.85. The van der Waals surface area contributed by atoms with Gasteiger partial charge in [0.25, 0.3) is 5.91 Å². The largest absolute Gasteiger partial charge is 0.397 e. The molecule has 0 spiro atoms. The van der Waals surface area contributed by atoms with Crippen molar-refractivity contribution in [3.8, 4) is 0 Å². The molecule has 1 aliphatic heterocycles. The fraction of sp³-hybridized carbons (Fsp3) is 0.296. The molecule has 1 saturated heterocycles. The van der Waals surface area contributed by atoms with Gasteiger partial charge in [-0.25, -0.2) is 0 Å². The number of aryl methyl sites for hydroxylation is 2. The van der Waals surface area contributed by atoms with Gasteiger partial charge >= 0.3 is 0 Å². The number of aromatic nitrogens is 3. The van der Waals surface area contributed by atoms with Crippen LogP contribution in [0.3, 0.4) is 0 Å². The van der Waals surface area contributed by atoms with Gasteiger partial charge in [-0.3, -0.25) is 14.5 Å². The molecule has 3 heterocycles. The Morgan fingerprint density at radius 2 is 1.94 bits per heavy atom. The molecule has 0 radical (unpaired) electrons. The Balaban J connectivity index is 1.35. The van der Waals surface area contributed by atoms with E-state index < -0.39 is 0 Å². The number of pyridine rings is 1. The lowest BCUT2D eigenvalue weighted by atomic mass is 9.92. The maximum absolute atomic E-state index is 13.4. The highest BCUT2D eigenvalue weighted by molar-refractivity contribution is 5.94. The number of carbonyl (C=O) groups is 1. The molecule has 2 aromatic heterocycles. The molecular weight excluding hydrogens is 410 g/mol. The second-order valence-corrected chi connectivity index (χ2v) is 9.03. The lowest BCUT2D eigenvalue weighted by molar-refractivity contribution is 0.0706. The zero-order valence-electron chi connectivity index (χ0n) is 19.2. The van der Waals surface area contributed by atoms with Gasteiger partial charge in [-0.05, 0) is 62.6 Å². The second-order valence-electron chi connectivity index (χ2n) is 9.03. The van der Waals surface area contributed by atoms with Gasteiger partial charge in [-0.2, -0.15) is 5.10 Å². The number of likely N-dealkylation sites (tertiary alicyclic amines) is 1. The number of nitrogens with two attached hydrogens (primary N) is 1. The average Bonchev–Trinajstić information content (AvgIpc) is 3.14. The van der Waals surface area contributed by atoms with E-state index in [0.717, 1.165) is 52.9 Å². The number of hydrogen-bond acceptors (Lipinski definition) is 4. The Morgan fingerprint density at radius 1 is 1.09 bits per heavy atom. The summed E-state index contributed by atoms with van der Waals surface area (Å²) < 4.78 is 1.98. The number of nitrogens with zero attached hydrogens (tertiary/aromatic N) is 4. The van der Waals surface area contributed by atoms with Crippen molar-refractivity contribution in [2.45, 2.75) is 39.2 Å². The summed E-state index contributed by atoms with van der Waals surface area (Å²) in [4.78, 5) is 20.2. The molecule has 2 aromatic carbocycles. The highest BCUT2D eigenvalue weighted by atomic mass is 16.2. The van der Waals surface area contributed by atoms with Crippen molar-refractivity contribution < 1.29 is 4.79 Å². The Hall–Kier alpha value is -3.67. The highest BCUT2D eigenvalue weighted by Crippen LogP contribution is 2.32. The summed E-state index contributed by atoms with van der Waals surface area (Å²) in [6.07, 6.45) is 1.92. The molecule has 4 aromatic rings. The van der Waals surface area contributed by atoms with Gasteiger partial charge in [0, 0.05) is 35.7 Å². The van der Waals surface area contributed by atoms with E-state index >= 15 is 0 Å². The predicted molar refractivity (Wildman–Crippen MR) is 131 cm³/mol. The van der Waals surface area contributed by atoms with Crippen LogP contribution in [0.5, 0.6) is 0 Å². The molecule has 0 aliphatic carbocycles. The predicted octanol–water partition coefficient (Wildman–Crippen LogP) is 4.70. The minimum atomic E-state index is 0.0641. The standard InChI is InChI=1S/C27H29N5O/c1-18-13-19(2)32(30-18)16-20-7-5-9-22(14-20)27(33)31-12-6-10-23(17-31)26-24(28)15-21-8-3-4-11-25(21)29-26/h3-5,7-9,11,13-15,23H,6,10,12,16-17,28H2,1-2H3. The first kappa shape index (κ1) is 21.2. The Labute approximate surface area is 194 Å². The van der Waals surface area contributed by atoms with E-state index in [0.29, 0.717) is 24.3 Å². The molecule has 1 amide bonds. The van der Waals surface area contributed by atoms with Crippen LogP contribution in [0.15, 0.2) is 60.7 Å². The van der Waals surface area contributed by atoms with Crippen LogP contribution in [0.2, 0.25) is 0 Å². The third-order valence-corrected chi connectivity index (χ3v) is 6.49. The molecule has 5 rings (SSSR count). The quantitative estimate of drug-likeness (QED) is 0.500. The van der Waals surface area contributed by atoms with E-state index in [1.54, 1.807) is 0 Å². The molecule has 168 valence electrons. The lowest BCUT2D eigenvalue weighted by Crippen LogP contribution is -2.39. The van der Waals surface area contributed by atoms with E-state index in [-0.39, 0.29) is 11.8 Å². The zero-order valence-corrected chi connectivity index (χ0v) is 19.2. The van der Waals surface area contributed by atoms with Gasteiger partial charge < -0.3 is 10.6 Å². The SMILES string of the molecule is Cc1cc(C)n(Cc2cccc(C(=O)N3CCCC(c4nc5ccccc5cc4N)C3)c2)n1. The average molecular weight is 440 g/mol. The van der Waals surface area contributed by atoms with E-state index in [4.69, 9.17) is 10.7 Å². The van der Waals surface area contributed by atoms with Crippen molar-refractivity contribution in [2.75, 3.05) is 18.8 Å². The van der Waals surface area contributed by atoms with Crippen LogP contribution in [0.1, 0.15) is 51.8 Å². The van der Waals surface area contributed by atoms with Crippen molar-refractivity contribution in [1.29, 1.82) is 0 Å². The van der Waals surface area contributed by atoms with Gasteiger partial charge in [0.05, 0.1) is 29.1 Å². The van der Waals surface area contributed by atoms with Crippen LogP contribution in [0.25, 0.3) is 10.9 Å². The van der Waals surface area contributed by atoms with Crippen molar-refractivity contribution in [1.82, 2.24) is 19.7 Å². The van der Waals surface area contributed by atoms with Crippen LogP contribution in [-0.4, -0.2) is 38.7 Å². The minimum Gasteiger partial charge on any atom is -0.397 e. The number of amides is 1. The monoisotopic (exact) mass is 439 g/mol. The van der Waals surface area contributed by atoms with Gasteiger partial charge in [0.15, 0.2) is 0 Å². The van der Waals surface area contributed by atoms with E-state index in [2.05, 4.69) is 18.1 Å². The summed E-state index contributed by atoms with van der Waals surface area (Å²) in [5.41, 5.74) is 12.8. The van der Waals surface area contributed by atoms with Crippen LogP contribution >= 0.6 is 0 Å². The van der Waals surface area contributed by atoms with Crippen molar-refractivity contribution in [2.24, 2.45) is 0 Å². The lowest BCUT2D eigenvalue weighted by Gasteiger charge is -2.33. The van der Waals surface area contributed by atoms with Crippen molar-refractivity contribution in [3.63, 3.8) is 0 Å². The van der Waals surface area contributed by atoms with Crippen LogP contribution in [0, 0.1) is 13.8 Å². The summed E-state index contributed by atoms with van der Waals surface area (Å²) in [6.45, 7) is 6.09. The molecule has 6 nitrogen and oxygen atoms in total. The zero-order chi connectivity index (χ0) is 22.9. The van der Waals surface area contributed by atoms with E-state index in [1.165, 1.54) is 0 Å². The molecule has 1 unspecified atom stereocenters. The maximum Gasteiger partial charge on any atom is 0.253 e. The first-order valence-corrected chi connectivity index (χ1v) is 11.5. The summed E-state index contributed by atoms with van der Waals surface area (Å²) in [5.74, 6) is 0.208. The molecule has 2 N–H and O–H groups in total. The molecular formula is C27H29N5O. The van der Waals surface area contributed by atoms with Gasteiger partial charge in [0.2, 0.25) is 0 Å². The number of para-hydroxylation sites is 1. The number of carbonyl (C=O) groups excluding carboxylic acids is 1. The molecule has 6 heteroatoms. The smallest absolute Gasteiger partial charge is 0.253 e. The van der Waals surface area contributed by atoms with E-state index in [1.807, 2.05) is 71.1 Å². The third-order valence-electron chi connectivity index (χ3n) is 6.49. The molecule has 0 saturated carbocycles. The fourth-order valence-electron chi connectivity index (χ4n) is 4.85. The second kappa shape index (κ2) is 8.70. The van der Waals surface area contributed by atoms with Gasteiger partial charge in [0.1, 0.15) is 0 Å². The number of benzene rings is 2. The molecule has 0 bridgehead atoms. The molecule has 1 fully saturated rings. The van der Waals surface area contributed by atoms with Crippen LogP contribution in [-0.2, 0) is 6.54 Å². The van der Waals surface area contributed by atoms with Crippen LogP contribution < -0.4 is 5.73 Å². The molecule has 33 heavy (non-hydrogen) atoms. The highest BCUT2D eigenvalue weighted by Gasteiger charge is 2.28. The number of nitrogen functional groups attached to an aromatic ring is 1. The molecule has 1 atom stereocenters. The Bertz CT molecular complexity index is 1330. The number of piperidine rings is 1. The van der Waals surface area contributed by atoms with Crippen molar-refractivity contribution in [3.05, 3.63) is 88.9 Å². The third kappa shape index (κ3) is 4.33. The van der Waals surface area contributed by atoms with Crippen LogP contribution in [0.4, 0.5) is 5.69 Å². The topological polar surface area (TPSA) is 77.0 Å². The van der Waals surface area contributed by atoms with Crippen molar-refractivity contribution >= 4 is 22.5 Å². The first-order chi connectivity index (χ1) is 16.0. The molecule has 1 aliphatic rings. The number of hydrogen-bond donors (Lipinski definition) is 1. The summed E-state index contributed by atoms with van der Waals surface area (Å²) in [6, 6.07) is 20.0. The Morgan fingerprint density at radius 3 is 2.76 bits per heavy atom. The Kier molecular flexibility index (Phi) is 5.58. The normalized spacial score (nSPS) is 16.3. The number of anilines is 1. The summed E-state index contributed by atoms with van der Waals surface area (Å²) in [7, 11) is 0. The van der Waals surface area contributed by atoms with E-state index in [9.17, 15) is 4.79 Å². The maximum atomic E-state index is 13.4. The van der Waals surface area contributed by atoms with Gasteiger partial charge in [-0.15, -0.1) is 0 Å².